The molecular formula is C21H25N3O5. The number of carboxylic acids is 1. The van der Waals surface area contributed by atoms with E-state index in [1.54, 1.807) is 48.5 Å². The molecule has 2 aromatic carbocycles. The molecular weight excluding hydrogens is 374 g/mol. The number of benzene rings is 2. The molecule has 3 amide bonds. The summed E-state index contributed by atoms with van der Waals surface area (Å²) in [4.78, 5) is 34.7. The van der Waals surface area contributed by atoms with Gasteiger partial charge in [0.1, 0.15) is 5.75 Å². The first kappa shape index (κ1) is 21.7. The highest BCUT2D eigenvalue weighted by Crippen LogP contribution is 2.18. The third kappa shape index (κ3) is 7.92. The zero-order valence-corrected chi connectivity index (χ0v) is 16.4. The SMILES string of the molecule is CC(C)NC(=O)Nc1cccc(C(=O)Nc2ccc(OCCCC(=O)O)cc2)c1. The van der Waals surface area contributed by atoms with Crippen LogP contribution in [0.15, 0.2) is 48.5 Å². The van der Waals surface area contributed by atoms with Crippen LogP contribution < -0.4 is 20.7 Å². The van der Waals surface area contributed by atoms with Crippen LogP contribution in [0, 0.1) is 0 Å². The van der Waals surface area contributed by atoms with E-state index in [2.05, 4.69) is 16.0 Å². The Bertz CT molecular complexity index is 850. The van der Waals surface area contributed by atoms with Crippen LogP contribution in [0.2, 0.25) is 0 Å². The number of hydrogen-bond donors (Lipinski definition) is 4. The Balaban J connectivity index is 1.90. The average molecular weight is 399 g/mol. The van der Waals surface area contributed by atoms with Gasteiger partial charge in [0.2, 0.25) is 0 Å². The Morgan fingerprint density at radius 1 is 1.00 bits per heavy atom. The molecule has 4 N–H and O–H groups in total. The van der Waals surface area contributed by atoms with Crippen LogP contribution in [-0.2, 0) is 4.79 Å². The number of nitrogens with one attached hydrogen (secondary N) is 3. The molecule has 0 fully saturated rings. The van der Waals surface area contributed by atoms with Gasteiger partial charge >= 0.3 is 12.0 Å². The standard InChI is InChI=1S/C21H25N3O5/c1-14(2)22-21(28)24-17-6-3-5-15(13-17)20(27)23-16-8-10-18(11-9-16)29-12-4-7-19(25)26/h3,5-6,8-11,13-14H,4,7,12H2,1-2H3,(H,23,27)(H,25,26)(H2,22,24,28). The maximum absolute atomic E-state index is 12.5. The maximum Gasteiger partial charge on any atom is 0.319 e. The van der Waals surface area contributed by atoms with Gasteiger partial charge < -0.3 is 25.8 Å². The molecule has 0 aliphatic rings. The summed E-state index contributed by atoms with van der Waals surface area (Å²) >= 11 is 0. The fourth-order valence-corrected chi connectivity index (χ4v) is 2.42. The van der Waals surface area contributed by atoms with E-state index < -0.39 is 5.97 Å². The summed E-state index contributed by atoms with van der Waals surface area (Å²) in [5.74, 6) is -0.574. The normalized spacial score (nSPS) is 10.3. The predicted molar refractivity (Wildman–Crippen MR) is 110 cm³/mol. The van der Waals surface area contributed by atoms with Gasteiger partial charge in [-0.1, -0.05) is 6.07 Å². The van der Waals surface area contributed by atoms with E-state index in [9.17, 15) is 14.4 Å². The van der Waals surface area contributed by atoms with Crippen molar-refractivity contribution in [3.05, 3.63) is 54.1 Å². The topological polar surface area (TPSA) is 117 Å². The highest BCUT2D eigenvalue weighted by Gasteiger charge is 2.09. The molecule has 154 valence electrons. The molecule has 0 aliphatic heterocycles. The van der Waals surface area contributed by atoms with Crippen molar-refractivity contribution in [1.82, 2.24) is 5.32 Å². The minimum absolute atomic E-state index is 0.00519. The average Bonchev–Trinajstić information content (AvgIpc) is 2.66. The van der Waals surface area contributed by atoms with Crippen LogP contribution in [0.4, 0.5) is 16.2 Å². The molecule has 8 heteroatoms. The number of amides is 3. The summed E-state index contributed by atoms with van der Waals surface area (Å²) in [5.41, 5.74) is 1.51. The quantitative estimate of drug-likeness (QED) is 0.480. The summed E-state index contributed by atoms with van der Waals surface area (Å²) in [5, 5.41) is 16.8. The molecule has 0 aliphatic carbocycles. The van der Waals surface area contributed by atoms with Gasteiger partial charge in [-0.3, -0.25) is 9.59 Å². The fourth-order valence-electron chi connectivity index (χ4n) is 2.42. The second-order valence-electron chi connectivity index (χ2n) is 6.66. The summed E-state index contributed by atoms with van der Waals surface area (Å²) in [6.45, 7) is 4.02. The number of urea groups is 1. The van der Waals surface area contributed by atoms with Crippen molar-refractivity contribution >= 4 is 29.3 Å². The Morgan fingerprint density at radius 3 is 2.38 bits per heavy atom. The van der Waals surface area contributed by atoms with Crippen LogP contribution in [0.5, 0.6) is 5.75 Å². The first-order valence-corrected chi connectivity index (χ1v) is 9.27. The third-order valence-corrected chi connectivity index (χ3v) is 3.72. The van der Waals surface area contributed by atoms with Gasteiger partial charge in [-0.25, -0.2) is 4.79 Å². The molecule has 29 heavy (non-hydrogen) atoms. The van der Waals surface area contributed by atoms with Gasteiger partial charge in [0.25, 0.3) is 5.91 Å². The zero-order chi connectivity index (χ0) is 21.2. The smallest absolute Gasteiger partial charge is 0.319 e. The Labute approximate surface area is 169 Å². The van der Waals surface area contributed by atoms with Crippen molar-refractivity contribution in [2.45, 2.75) is 32.7 Å². The van der Waals surface area contributed by atoms with Crippen LogP contribution in [-0.4, -0.2) is 35.7 Å². The fraction of sp³-hybridized carbons (Fsp3) is 0.286. The maximum atomic E-state index is 12.5. The number of carbonyl (C=O) groups is 3. The Morgan fingerprint density at radius 2 is 1.72 bits per heavy atom. The van der Waals surface area contributed by atoms with E-state index in [1.165, 1.54) is 0 Å². The van der Waals surface area contributed by atoms with Gasteiger partial charge in [0.15, 0.2) is 0 Å². The molecule has 8 nitrogen and oxygen atoms in total. The molecule has 2 aromatic rings. The van der Waals surface area contributed by atoms with Crippen molar-refractivity contribution in [2.24, 2.45) is 0 Å². The van der Waals surface area contributed by atoms with Gasteiger partial charge in [0, 0.05) is 29.4 Å². The monoisotopic (exact) mass is 399 g/mol. The van der Waals surface area contributed by atoms with Crippen molar-refractivity contribution in [3.8, 4) is 5.75 Å². The van der Waals surface area contributed by atoms with Crippen molar-refractivity contribution in [3.63, 3.8) is 0 Å². The van der Waals surface area contributed by atoms with E-state index in [0.717, 1.165) is 0 Å². The van der Waals surface area contributed by atoms with E-state index in [4.69, 9.17) is 9.84 Å². The lowest BCUT2D eigenvalue weighted by Gasteiger charge is -2.11. The van der Waals surface area contributed by atoms with E-state index in [1.807, 2.05) is 13.8 Å². The predicted octanol–water partition coefficient (Wildman–Crippen LogP) is 3.71. The van der Waals surface area contributed by atoms with Crippen molar-refractivity contribution in [2.75, 3.05) is 17.2 Å². The van der Waals surface area contributed by atoms with Gasteiger partial charge in [-0.05, 0) is 62.7 Å². The van der Waals surface area contributed by atoms with Crippen LogP contribution >= 0.6 is 0 Å². The second kappa shape index (κ2) is 10.7. The molecule has 0 aromatic heterocycles. The Kier molecular flexibility index (Phi) is 8.02. The minimum atomic E-state index is -0.855. The molecule has 0 radical (unpaired) electrons. The van der Waals surface area contributed by atoms with Crippen molar-refractivity contribution < 1.29 is 24.2 Å². The van der Waals surface area contributed by atoms with E-state index >= 15 is 0 Å². The number of rotatable bonds is 9. The number of hydrogen-bond acceptors (Lipinski definition) is 4. The summed E-state index contributed by atoms with van der Waals surface area (Å²) in [6.07, 6.45) is 0.481. The Hall–Kier alpha value is -3.55. The lowest BCUT2D eigenvalue weighted by Crippen LogP contribution is -2.34. The lowest BCUT2D eigenvalue weighted by molar-refractivity contribution is -0.137. The lowest BCUT2D eigenvalue weighted by atomic mass is 10.2. The molecule has 0 saturated heterocycles. The summed E-state index contributed by atoms with van der Waals surface area (Å²) in [7, 11) is 0. The highest BCUT2D eigenvalue weighted by atomic mass is 16.5. The molecule has 2 rings (SSSR count). The van der Waals surface area contributed by atoms with Gasteiger partial charge in [-0.15, -0.1) is 0 Å². The number of anilines is 2. The first-order valence-electron chi connectivity index (χ1n) is 9.27. The second-order valence-corrected chi connectivity index (χ2v) is 6.66. The van der Waals surface area contributed by atoms with Crippen LogP contribution in [0.3, 0.4) is 0 Å². The largest absolute Gasteiger partial charge is 0.494 e. The molecule has 0 atom stereocenters. The van der Waals surface area contributed by atoms with Crippen LogP contribution in [0.1, 0.15) is 37.0 Å². The van der Waals surface area contributed by atoms with Crippen LogP contribution in [0.25, 0.3) is 0 Å². The minimum Gasteiger partial charge on any atom is -0.494 e. The number of ether oxygens (including phenoxy) is 1. The van der Waals surface area contributed by atoms with Gasteiger partial charge in [-0.2, -0.15) is 0 Å². The number of carbonyl (C=O) groups excluding carboxylic acids is 2. The molecule has 0 bridgehead atoms. The summed E-state index contributed by atoms with van der Waals surface area (Å²) < 4.78 is 5.46. The molecule has 0 unspecified atom stereocenters. The van der Waals surface area contributed by atoms with Gasteiger partial charge in [0.05, 0.1) is 6.61 Å². The van der Waals surface area contributed by atoms with E-state index in [-0.39, 0.29) is 24.4 Å². The highest BCUT2D eigenvalue weighted by molar-refractivity contribution is 6.05. The molecule has 0 spiro atoms. The number of carboxylic acid groups (broad SMARTS) is 1. The first-order chi connectivity index (χ1) is 13.8. The number of aliphatic carboxylic acids is 1. The third-order valence-electron chi connectivity index (χ3n) is 3.72. The zero-order valence-electron chi connectivity index (χ0n) is 16.4. The molecule has 0 heterocycles. The summed E-state index contributed by atoms with van der Waals surface area (Å²) in [6, 6.07) is 13.1. The molecule has 0 saturated carbocycles. The van der Waals surface area contributed by atoms with E-state index in [0.29, 0.717) is 35.7 Å². The van der Waals surface area contributed by atoms with Crippen molar-refractivity contribution in [1.29, 1.82) is 0 Å².